The minimum atomic E-state index is -3.80. The third-order valence-corrected chi connectivity index (χ3v) is 8.55. The van der Waals surface area contributed by atoms with Crippen molar-refractivity contribution in [1.82, 2.24) is 0 Å². The molecular formula is C24H25BrClN3O6S2. The quantitative estimate of drug-likeness (QED) is 0.304. The van der Waals surface area contributed by atoms with Crippen LogP contribution in [0.1, 0.15) is 12.8 Å². The number of hydrogen-bond donors (Lipinski definition) is 2. The maximum Gasteiger partial charge on any atom is 0.261 e. The molecule has 0 spiro atoms. The second kappa shape index (κ2) is 12.2. The van der Waals surface area contributed by atoms with E-state index >= 15 is 0 Å². The smallest absolute Gasteiger partial charge is 0.261 e. The summed E-state index contributed by atoms with van der Waals surface area (Å²) in [7, 11) is -5.96. The molecule has 0 aliphatic carbocycles. The third kappa shape index (κ3) is 8.09. The number of carbonyl (C=O) groups excluding carboxylic acids is 1. The normalized spacial score (nSPS) is 11.6. The SMILES string of the molecule is COc1ccc(N(CCCC(=O)Nc2ccc(S(=O)(=O)Nc3ccc(Br)cc3)cc2)S(C)(=O)=O)cc1Cl. The summed E-state index contributed by atoms with van der Waals surface area (Å²) in [5.41, 5.74) is 1.19. The number of halogens is 2. The third-order valence-electron chi connectivity index (χ3n) is 5.13. The van der Waals surface area contributed by atoms with Crippen LogP contribution in [0.5, 0.6) is 5.75 Å². The van der Waals surface area contributed by atoms with E-state index < -0.39 is 20.0 Å². The first-order valence-corrected chi connectivity index (χ1v) is 15.4. The van der Waals surface area contributed by atoms with Crippen LogP contribution in [0.3, 0.4) is 0 Å². The van der Waals surface area contributed by atoms with Gasteiger partial charge in [-0.05, 0) is 73.2 Å². The molecule has 3 rings (SSSR count). The van der Waals surface area contributed by atoms with Gasteiger partial charge in [0.25, 0.3) is 10.0 Å². The Bertz CT molecular complexity index is 1470. The van der Waals surface area contributed by atoms with E-state index in [2.05, 4.69) is 26.0 Å². The fourth-order valence-corrected chi connectivity index (χ4v) is 5.89. The zero-order valence-electron chi connectivity index (χ0n) is 19.9. The summed E-state index contributed by atoms with van der Waals surface area (Å²) < 4.78 is 59.4. The fraction of sp³-hybridized carbons (Fsp3) is 0.208. The van der Waals surface area contributed by atoms with Crippen LogP contribution < -0.4 is 19.1 Å². The number of hydrogen-bond acceptors (Lipinski definition) is 6. The van der Waals surface area contributed by atoms with Crippen LogP contribution in [0.2, 0.25) is 5.02 Å². The lowest BCUT2D eigenvalue weighted by molar-refractivity contribution is -0.116. The van der Waals surface area contributed by atoms with Crippen LogP contribution in [0, 0.1) is 0 Å². The van der Waals surface area contributed by atoms with E-state index in [4.69, 9.17) is 16.3 Å². The molecule has 0 aliphatic heterocycles. The Hall–Kier alpha value is -2.80. The molecule has 13 heteroatoms. The van der Waals surface area contributed by atoms with E-state index in [9.17, 15) is 21.6 Å². The van der Waals surface area contributed by atoms with E-state index in [0.29, 0.717) is 22.8 Å². The predicted molar refractivity (Wildman–Crippen MR) is 149 cm³/mol. The van der Waals surface area contributed by atoms with E-state index in [1.165, 1.54) is 41.7 Å². The Morgan fingerprint density at radius 3 is 2.16 bits per heavy atom. The first-order chi connectivity index (χ1) is 17.4. The maximum absolute atomic E-state index is 12.6. The minimum Gasteiger partial charge on any atom is -0.495 e. The molecule has 0 aromatic heterocycles. The van der Waals surface area contributed by atoms with E-state index in [0.717, 1.165) is 10.7 Å². The van der Waals surface area contributed by atoms with Gasteiger partial charge in [-0.2, -0.15) is 0 Å². The van der Waals surface area contributed by atoms with E-state index in [1.807, 2.05) is 0 Å². The second-order valence-corrected chi connectivity index (χ2v) is 12.9. The second-order valence-electron chi connectivity index (χ2n) is 7.94. The minimum absolute atomic E-state index is 0.0374. The van der Waals surface area contributed by atoms with Crippen molar-refractivity contribution in [1.29, 1.82) is 0 Å². The summed E-state index contributed by atoms with van der Waals surface area (Å²) in [4.78, 5) is 12.5. The number of sulfonamides is 2. The Balaban J connectivity index is 1.58. The predicted octanol–water partition coefficient (Wildman–Crippen LogP) is 5.10. The molecule has 3 aromatic carbocycles. The van der Waals surface area contributed by atoms with Crippen molar-refractivity contribution in [3.63, 3.8) is 0 Å². The van der Waals surface area contributed by atoms with Gasteiger partial charge in [-0.3, -0.25) is 13.8 Å². The number of nitrogens with one attached hydrogen (secondary N) is 2. The topological polar surface area (TPSA) is 122 Å². The van der Waals surface area contributed by atoms with Crippen LogP contribution in [-0.2, 0) is 24.8 Å². The average molecular weight is 631 g/mol. The first-order valence-electron chi connectivity index (χ1n) is 10.9. The number of rotatable bonds is 11. The van der Waals surface area contributed by atoms with Crippen LogP contribution in [0.4, 0.5) is 17.1 Å². The number of methoxy groups -OCH3 is 1. The fourth-order valence-electron chi connectivity index (χ4n) is 3.35. The molecule has 3 aromatic rings. The number of amides is 1. The number of benzene rings is 3. The number of carbonyl (C=O) groups is 1. The molecule has 0 bridgehead atoms. The summed E-state index contributed by atoms with van der Waals surface area (Å²) in [6, 6.07) is 17.1. The molecule has 0 saturated heterocycles. The molecule has 0 fully saturated rings. The zero-order valence-corrected chi connectivity index (χ0v) is 23.9. The highest BCUT2D eigenvalue weighted by molar-refractivity contribution is 9.10. The van der Waals surface area contributed by atoms with Gasteiger partial charge in [-0.1, -0.05) is 27.5 Å². The number of ether oxygens (including phenoxy) is 1. The van der Waals surface area contributed by atoms with Crippen molar-refractivity contribution in [3.05, 3.63) is 76.2 Å². The van der Waals surface area contributed by atoms with Crippen molar-refractivity contribution in [2.45, 2.75) is 17.7 Å². The number of nitrogens with zero attached hydrogens (tertiary/aromatic N) is 1. The first kappa shape index (κ1) is 28.8. The van der Waals surface area contributed by atoms with Gasteiger partial charge >= 0.3 is 0 Å². The molecule has 1 amide bonds. The Morgan fingerprint density at radius 1 is 0.973 bits per heavy atom. The summed E-state index contributed by atoms with van der Waals surface area (Å²) in [5, 5.41) is 2.96. The van der Waals surface area contributed by atoms with Gasteiger partial charge in [-0.25, -0.2) is 16.8 Å². The monoisotopic (exact) mass is 629 g/mol. The van der Waals surface area contributed by atoms with Crippen LogP contribution in [-0.4, -0.2) is 42.7 Å². The Morgan fingerprint density at radius 2 is 1.59 bits per heavy atom. The largest absolute Gasteiger partial charge is 0.495 e. The Kier molecular flexibility index (Phi) is 9.46. The standard InChI is InChI=1S/C24H25BrClN3O6S2/c1-35-23-14-11-20(16-22(23)26)29(36(2,31)32)15-3-4-24(30)27-18-9-12-21(13-10-18)37(33,34)28-19-7-5-17(25)6-8-19/h5-14,16,28H,3-4,15H2,1-2H3,(H,27,30). The molecule has 0 unspecified atom stereocenters. The molecule has 37 heavy (non-hydrogen) atoms. The van der Waals surface area contributed by atoms with E-state index in [1.54, 1.807) is 36.4 Å². The van der Waals surface area contributed by atoms with Gasteiger partial charge in [0.2, 0.25) is 15.9 Å². The molecular weight excluding hydrogens is 606 g/mol. The Labute approximate surface area is 230 Å². The summed E-state index contributed by atoms with van der Waals surface area (Å²) >= 11 is 9.43. The van der Waals surface area contributed by atoms with E-state index in [-0.39, 0.29) is 35.2 Å². The molecule has 0 saturated carbocycles. The van der Waals surface area contributed by atoms with Crippen molar-refractivity contribution in [2.75, 3.05) is 34.3 Å². The van der Waals surface area contributed by atoms with Crippen LogP contribution in [0.15, 0.2) is 76.1 Å². The molecule has 9 nitrogen and oxygen atoms in total. The molecule has 0 heterocycles. The zero-order chi connectivity index (χ0) is 27.2. The van der Waals surface area contributed by atoms with Gasteiger partial charge in [0, 0.05) is 28.8 Å². The van der Waals surface area contributed by atoms with Crippen molar-refractivity contribution in [2.24, 2.45) is 0 Å². The maximum atomic E-state index is 12.6. The lowest BCUT2D eigenvalue weighted by Gasteiger charge is -2.23. The highest BCUT2D eigenvalue weighted by Gasteiger charge is 2.19. The van der Waals surface area contributed by atoms with Gasteiger partial charge in [-0.15, -0.1) is 0 Å². The highest BCUT2D eigenvalue weighted by Crippen LogP contribution is 2.30. The average Bonchev–Trinajstić information content (AvgIpc) is 2.83. The number of anilines is 3. The summed E-state index contributed by atoms with van der Waals surface area (Å²) in [5.74, 6) is 0.0750. The lowest BCUT2D eigenvalue weighted by atomic mass is 10.2. The van der Waals surface area contributed by atoms with Crippen molar-refractivity contribution < 1.29 is 26.4 Å². The molecule has 198 valence electrons. The molecule has 2 N–H and O–H groups in total. The van der Waals surface area contributed by atoms with Gasteiger partial charge in [0.15, 0.2) is 0 Å². The van der Waals surface area contributed by atoms with Crippen molar-refractivity contribution in [3.8, 4) is 5.75 Å². The van der Waals surface area contributed by atoms with Crippen LogP contribution in [0.25, 0.3) is 0 Å². The van der Waals surface area contributed by atoms with Crippen molar-refractivity contribution >= 4 is 70.5 Å². The molecule has 0 atom stereocenters. The molecule has 0 aliphatic rings. The highest BCUT2D eigenvalue weighted by atomic mass is 79.9. The lowest BCUT2D eigenvalue weighted by Crippen LogP contribution is -2.31. The van der Waals surface area contributed by atoms with Crippen LogP contribution >= 0.6 is 27.5 Å². The van der Waals surface area contributed by atoms with Gasteiger partial charge in [0.1, 0.15) is 5.75 Å². The summed E-state index contributed by atoms with van der Waals surface area (Å²) in [6.07, 6.45) is 1.36. The van der Waals surface area contributed by atoms with Gasteiger partial charge < -0.3 is 10.1 Å². The summed E-state index contributed by atoms with van der Waals surface area (Å²) in [6.45, 7) is 0.0633. The molecule has 0 radical (unpaired) electrons. The van der Waals surface area contributed by atoms with Gasteiger partial charge in [0.05, 0.1) is 29.0 Å².